The molecule has 1 aromatic carbocycles. The predicted molar refractivity (Wildman–Crippen MR) is 83.2 cm³/mol. The van der Waals surface area contributed by atoms with Crippen molar-refractivity contribution < 1.29 is 31.1 Å². The molecular weight excluding hydrogens is 361 g/mol. The first kappa shape index (κ1) is 18.8. The Kier molecular flexibility index (Phi) is 5.03. The van der Waals surface area contributed by atoms with Crippen molar-refractivity contribution in [3.63, 3.8) is 0 Å². The zero-order chi connectivity index (χ0) is 18.3. The third kappa shape index (κ3) is 3.60. The molecule has 2 rings (SSSR count). The zero-order valence-electron chi connectivity index (χ0n) is 13.1. The molecule has 0 radical (unpaired) electrons. The maximum Gasteiger partial charge on any atom is 0.307 e. The monoisotopic (exact) mass is 379 g/mol. The lowest BCUT2D eigenvalue weighted by Gasteiger charge is -2.35. The molecule has 2 unspecified atom stereocenters. The van der Waals surface area contributed by atoms with Crippen LogP contribution in [-0.2, 0) is 24.7 Å². The van der Waals surface area contributed by atoms with E-state index < -0.39 is 53.4 Å². The molecule has 7 nitrogen and oxygen atoms in total. The lowest BCUT2D eigenvalue weighted by Crippen LogP contribution is -2.47. The van der Waals surface area contributed by atoms with E-state index in [0.29, 0.717) is 18.9 Å². The second kappa shape index (κ2) is 6.41. The number of benzene rings is 1. The first-order chi connectivity index (χ1) is 10.9. The Bertz CT molecular complexity index is 865. The summed E-state index contributed by atoms with van der Waals surface area (Å²) < 4.78 is 63.3. The number of nitrogens with zero attached hydrogens (tertiary/aromatic N) is 1. The third-order valence-corrected chi connectivity index (χ3v) is 7.19. The minimum Gasteiger partial charge on any atom is -0.481 e. The van der Waals surface area contributed by atoms with Crippen LogP contribution in [0.3, 0.4) is 0 Å². The molecule has 2 atom stereocenters. The van der Waals surface area contributed by atoms with Crippen LogP contribution in [0.5, 0.6) is 0 Å². The second-order valence-electron chi connectivity index (χ2n) is 5.90. The SMILES string of the molecule is CC1CCC(C(=O)O)CN1S(=O)(=O)c1ccc(S(C)(=O)=O)c(F)c1. The summed E-state index contributed by atoms with van der Waals surface area (Å²) in [5.41, 5.74) is 0. The smallest absolute Gasteiger partial charge is 0.307 e. The van der Waals surface area contributed by atoms with Crippen molar-refractivity contribution in [1.29, 1.82) is 0 Å². The quantitative estimate of drug-likeness (QED) is 0.839. The van der Waals surface area contributed by atoms with E-state index in [1.54, 1.807) is 6.92 Å². The van der Waals surface area contributed by atoms with Crippen LogP contribution in [0.15, 0.2) is 28.0 Å². The maximum atomic E-state index is 14.0. The largest absolute Gasteiger partial charge is 0.481 e. The fourth-order valence-corrected chi connectivity index (χ4v) is 5.14. The number of carbonyl (C=O) groups is 1. The molecular formula is C14H18FNO6S2. The fraction of sp³-hybridized carbons (Fsp3) is 0.500. The van der Waals surface area contributed by atoms with Crippen LogP contribution in [0, 0.1) is 11.7 Å². The molecule has 1 N–H and O–H groups in total. The van der Waals surface area contributed by atoms with Crippen LogP contribution < -0.4 is 0 Å². The molecule has 1 aliphatic heterocycles. The van der Waals surface area contributed by atoms with Crippen LogP contribution in [0.4, 0.5) is 4.39 Å². The van der Waals surface area contributed by atoms with Gasteiger partial charge in [0.2, 0.25) is 10.0 Å². The van der Waals surface area contributed by atoms with Crippen molar-refractivity contribution in [2.75, 3.05) is 12.8 Å². The van der Waals surface area contributed by atoms with Gasteiger partial charge in [0.1, 0.15) is 10.7 Å². The van der Waals surface area contributed by atoms with E-state index in [1.807, 2.05) is 0 Å². The number of hydrogen-bond donors (Lipinski definition) is 1. The molecule has 1 heterocycles. The number of sulfonamides is 1. The van der Waals surface area contributed by atoms with E-state index in [1.165, 1.54) is 0 Å². The summed E-state index contributed by atoms with van der Waals surface area (Å²) in [5.74, 6) is -3.06. The molecule has 0 saturated carbocycles. The topological polar surface area (TPSA) is 109 Å². The van der Waals surface area contributed by atoms with Gasteiger partial charge in [0, 0.05) is 18.8 Å². The summed E-state index contributed by atoms with van der Waals surface area (Å²) in [6, 6.07) is 2.15. The van der Waals surface area contributed by atoms with Crippen molar-refractivity contribution in [1.82, 2.24) is 4.31 Å². The average Bonchev–Trinajstić information content (AvgIpc) is 2.45. The van der Waals surface area contributed by atoms with Crippen molar-refractivity contribution >= 4 is 25.8 Å². The summed E-state index contributed by atoms with van der Waals surface area (Å²) in [6.45, 7) is 1.45. The van der Waals surface area contributed by atoms with Gasteiger partial charge < -0.3 is 5.11 Å². The molecule has 24 heavy (non-hydrogen) atoms. The molecule has 1 fully saturated rings. The minimum atomic E-state index is -4.13. The molecule has 134 valence electrons. The number of rotatable bonds is 4. The van der Waals surface area contributed by atoms with Gasteiger partial charge in [-0.1, -0.05) is 0 Å². The lowest BCUT2D eigenvalue weighted by atomic mass is 9.96. The summed E-state index contributed by atoms with van der Waals surface area (Å²) in [7, 11) is -7.94. The normalized spacial score (nSPS) is 23.1. The van der Waals surface area contributed by atoms with Gasteiger partial charge in [0.25, 0.3) is 0 Å². The standard InChI is InChI=1S/C14H18FNO6S2/c1-9-3-4-10(14(17)18)8-16(9)24(21,22)11-5-6-13(12(15)7-11)23(2,19)20/h5-7,9-10H,3-4,8H2,1-2H3,(H,17,18). The minimum absolute atomic E-state index is 0.200. The Balaban J connectivity index is 2.43. The predicted octanol–water partition coefficient (Wildman–Crippen LogP) is 1.10. The number of piperidine rings is 1. The van der Waals surface area contributed by atoms with Gasteiger partial charge in [-0.3, -0.25) is 4.79 Å². The molecule has 1 aliphatic rings. The van der Waals surface area contributed by atoms with E-state index in [0.717, 1.165) is 22.7 Å². The first-order valence-corrected chi connectivity index (χ1v) is 10.5. The number of carboxylic acids is 1. The Labute approximate surface area is 140 Å². The van der Waals surface area contributed by atoms with Gasteiger partial charge in [-0.25, -0.2) is 21.2 Å². The Morgan fingerprint density at radius 3 is 2.38 bits per heavy atom. The fourth-order valence-electron chi connectivity index (χ4n) is 2.69. The van der Waals surface area contributed by atoms with Gasteiger partial charge >= 0.3 is 5.97 Å². The molecule has 1 aromatic rings. The van der Waals surface area contributed by atoms with Gasteiger partial charge in [0.05, 0.1) is 10.8 Å². The maximum absolute atomic E-state index is 14.0. The van der Waals surface area contributed by atoms with Crippen LogP contribution in [-0.4, -0.2) is 51.1 Å². The second-order valence-corrected chi connectivity index (χ2v) is 9.78. The molecule has 0 aliphatic carbocycles. The van der Waals surface area contributed by atoms with E-state index in [2.05, 4.69) is 0 Å². The Hall–Kier alpha value is -1.52. The molecule has 10 heteroatoms. The van der Waals surface area contributed by atoms with Gasteiger partial charge in [-0.05, 0) is 38.0 Å². The van der Waals surface area contributed by atoms with E-state index in [4.69, 9.17) is 5.11 Å². The molecule has 0 amide bonds. The van der Waals surface area contributed by atoms with E-state index in [9.17, 15) is 26.0 Å². The third-order valence-electron chi connectivity index (χ3n) is 4.08. The van der Waals surface area contributed by atoms with Crippen LogP contribution in [0.2, 0.25) is 0 Å². The molecule has 0 bridgehead atoms. The molecule has 1 saturated heterocycles. The Morgan fingerprint density at radius 2 is 1.88 bits per heavy atom. The van der Waals surface area contributed by atoms with Crippen molar-refractivity contribution in [2.24, 2.45) is 5.92 Å². The highest BCUT2D eigenvalue weighted by molar-refractivity contribution is 7.90. The van der Waals surface area contributed by atoms with Crippen molar-refractivity contribution in [3.8, 4) is 0 Å². The summed E-state index contributed by atoms with van der Waals surface area (Å²) >= 11 is 0. The number of carboxylic acid groups (broad SMARTS) is 1. The van der Waals surface area contributed by atoms with Gasteiger partial charge in [0.15, 0.2) is 9.84 Å². The molecule has 0 aromatic heterocycles. The van der Waals surface area contributed by atoms with Gasteiger partial charge in [-0.15, -0.1) is 0 Å². The summed E-state index contributed by atoms with van der Waals surface area (Å²) in [4.78, 5) is 10.1. The van der Waals surface area contributed by atoms with Crippen LogP contribution in [0.1, 0.15) is 19.8 Å². The van der Waals surface area contributed by atoms with E-state index >= 15 is 0 Å². The van der Waals surface area contributed by atoms with E-state index in [-0.39, 0.29) is 6.54 Å². The van der Waals surface area contributed by atoms with Crippen molar-refractivity contribution in [3.05, 3.63) is 24.0 Å². The average molecular weight is 379 g/mol. The first-order valence-electron chi connectivity index (χ1n) is 7.19. The van der Waals surface area contributed by atoms with Crippen LogP contribution >= 0.6 is 0 Å². The Morgan fingerprint density at radius 1 is 1.25 bits per heavy atom. The van der Waals surface area contributed by atoms with Crippen LogP contribution in [0.25, 0.3) is 0 Å². The highest BCUT2D eigenvalue weighted by atomic mass is 32.2. The highest BCUT2D eigenvalue weighted by Crippen LogP contribution is 2.29. The number of sulfone groups is 1. The zero-order valence-corrected chi connectivity index (χ0v) is 14.8. The lowest BCUT2D eigenvalue weighted by molar-refractivity contribution is -0.143. The number of aliphatic carboxylic acids is 1. The molecule has 0 spiro atoms. The summed E-state index contributed by atoms with van der Waals surface area (Å²) in [5, 5.41) is 9.10. The van der Waals surface area contributed by atoms with Gasteiger partial charge in [-0.2, -0.15) is 4.31 Å². The highest BCUT2D eigenvalue weighted by Gasteiger charge is 2.37. The van der Waals surface area contributed by atoms with Crippen molar-refractivity contribution in [2.45, 2.75) is 35.6 Å². The number of halogens is 1. The number of hydrogen-bond acceptors (Lipinski definition) is 5. The summed E-state index contributed by atoms with van der Waals surface area (Å²) in [6.07, 6.45) is 1.56.